The van der Waals surface area contributed by atoms with E-state index in [0.29, 0.717) is 5.92 Å². The van der Waals surface area contributed by atoms with Crippen molar-refractivity contribution in [3.63, 3.8) is 0 Å². The molecule has 0 spiro atoms. The first-order valence-electron chi connectivity index (χ1n) is 5.30. The summed E-state index contributed by atoms with van der Waals surface area (Å²) in [5.41, 5.74) is 1.16. The first kappa shape index (κ1) is 13.1. The molecule has 2 nitrogen and oxygen atoms in total. The van der Waals surface area contributed by atoms with Crippen LogP contribution in [-0.2, 0) is 6.42 Å². The Hall–Kier alpha value is -1.01. The smallest absolute Gasteiger partial charge is 0.133 e. The average molecular weight is 282 g/mol. The van der Waals surface area contributed by atoms with Crippen LogP contribution < -0.4 is 4.74 Å². The Morgan fingerprint density at radius 3 is 2.56 bits per heavy atom. The number of benzene rings is 1. The Labute approximate surface area is 105 Å². The lowest BCUT2D eigenvalue weighted by Gasteiger charge is -2.13. The molecular formula is C13H16BrNO. The summed E-state index contributed by atoms with van der Waals surface area (Å²) in [6.07, 6.45) is 0.788. The van der Waals surface area contributed by atoms with Crippen LogP contribution in [0.15, 0.2) is 22.7 Å². The van der Waals surface area contributed by atoms with E-state index >= 15 is 0 Å². The Bertz CT molecular complexity index is 395. The molecule has 0 heterocycles. The molecule has 0 aliphatic rings. The maximum absolute atomic E-state index is 9.04. The predicted octanol–water partition coefficient (Wildman–Crippen LogP) is 3.80. The third kappa shape index (κ3) is 3.24. The van der Waals surface area contributed by atoms with Crippen molar-refractivity contribution in [1.29, 1.82) is 5.26 Å². The summed E-state index contributed by atoms with van der Waals surface area (Å²) >= 11 is 3.45. The van der Waals surface area contributed by atoms with Crippen molar-refractivity contribution in [2.45, 2.75) is 20.3 Å². The summed E-state index contributed by atoms with van der Waals surface area (Å²) in [6.45, 7) is 4.15. The molecule has 1 aromatic rings. The summed E-state index contributed by atoms with van der Waals surface area (Å²) in [7, 11) is 1.64. The van der Waals surface area contributed by atoms with Gasteiger partial charge in [-0.3, -0.25) is 0 Å². The minimum atomic E-state index is 0.0697. The number of methoxy groups -OCH3 is 1. The van der Waals surface area contributed by atoms with E-state index < -0.39 is 0 Å². The highest BCUT2D eigenvalue weighted by Crippen LogP contribution is 2.27. The normalized spacial score (nSPS) is 12.2. The van der Waals surface area contributed by atoms with Crippen molar-refractivity contribution >= 4 is 15.9 Å². The van der Waals surface area contributed by atoms with Gasteiger partial charge in [0, 0.05) is 0 Å². The summed E-state index contributed by atoms with van der Waals surface area (Å²) in [4.78, 5) is 0. The van der Waals surface area contributed by atoms with Crippen LogP contribution in [0.5, 0.6) is 5.75 Å². The Morgan fingerprint density at radius 2 is 2.12 bits per heavy atom. The molecule has 1 atom stereocenters. The zero-order valence-corrected chi connectivity index (χ0v) is 11.4. The zero-order valence-electron chi connectivity index (χ0n) is 9.83. The molecule has 86 valence electrons. The Morgan fingerprint density at radius 1 is 1.44 bits per heavy atom. The van der Waals surface area contributed by atoms with E-state index in [0.717, 1.165) is 22.2 Å². The summed E-state index contributed by atoms with van der Waals surface area (Å²) < 4.78 is 6.10. The second kappa shape index (κ2) is 5.91. The number of ether oxygens (including phenoxy) is 1. The fourth-order valence-corrected chi connectivity index (χ4v) is 2.11. The van der Waals surface area contributed by atoms with Crippen LogP contribution >= 0.6 is 15.9 Å². The number of hydrogen-bond acceptors (Lipinski definition) is 2. The molecule has 1 aromatic carbocycles. The van der Waals surface area contributed by atoms with Crippen LogP contribution in [0.4, 0.5) is 0 Å². The maximum atomic E-state index is 9.04. The van der Waals surface area contributed by atoms with E-state index in [4.69, 9.17) is 10.00 Å². The van der Waals surface area contributed by atoms with E-state index in [1.807, 2.05) is 18.2 Å². The van der Waals surface area contributed by atoms with Gasteiger partial charge in [0.1, 0.15) is 5.75 Å². The van der Waals surface area contributed by atoms with Crippen molar-refractivity contribution < 1.29 is 4.74 Å². The maximum Gasteiger partial charge on any atom is 0.133 e. The molecule has 0 aromatic heterocycles. The van der Waals surface area contributed by atoms with Gasteiger partial charge < -0.3 is 4.74 Å². The van der Waals surface area contributed by atoms with Gasteiger partial charge in [0.15, 0.2) is 0 Å². The fraction of sp³-hybridized carbons (Fsp3) is 0.462. The van der Waals surface area contributed by atoms with E-state index in [-0.39, 0.29) is 5.92 Å². The van der Waals surface area contributed by atoms with E-state index in [1.54, 1.807) is 7.11 Å². The van der Waals surface area contributed by atoms with Gasteiger partial charge in [0.2, 0.25) is 0 Å². The monoisotopic (exact) mass is 281 g/mol. The number of halogens is 1. The lowest BCUT2D eigenvalue weighted by atomic mass is 9.90. The highest BCUT2D eigenvalue weighted by atomic mass is 79.9. The molecule has 0 radical (unpaired) electrons. The van der Waals surface area contributed by atoms with Crippen LogP contribution in [-0.4, -0.2) is 7.11 Å². The number of nitriles is 1. The largest absolute Gasteiger partial charge is 0.496 e. The topological polar surface area (TPSA) is 33.0 Å². The predicted molar refractivity (Wildman–Crippen MR) is 68.3 cm³/mol. The molecular weight excluding hydrogens is 266 g/mol. The third-order valence-electron chi connectivity index (χ3n) is 2.64. The number of hydrogen-bond donors (Lipinski definition) is 0. The van der Waals surface area contributed by atoms with Gasteiger partial charge in [0.25, 0.3) is 0 Å². The van der Waals surface area contributed by atoms with E-state index in [2.05, 4.69) is 35.8 Å². The van der Waals surface area contributed by atoms with Crippen LogP contribution in [0.2, 0.25) is 0 Å². The fourth-order valence-electron chi connectivity index (χ4n) is 1.52. The number of nitrogens with zero attached hydrogens (tertiary/aromatic N) is 1. The minimum Gasteiger partial charge on any atom is -0.496 e. The highest BCUT2D eigenvalue weighted by molar-refractivity contribution is 9.10. The van der Waals surface area contributed by atoms with E-state index in [1.165, 1.54) is 0 Å². The SMILES string of the molecule is COc1ccc(CC(C#N)C(C)C)cc1Br. The standard InChI is InChI=1S/C13H16BrNO/c1-9(2)11(8-15)6-10-4-5-13(16-3)12(14)7-10/h4-5,7,9,11H,6H2,1-3H3. The van der Waals surface area contributed by atoms with Crippen LogP contribution in [0.3, 0.4) is 0 Å². The first-order chi connectivity index (χ1) is 7.58. The molecule has 16 heavy (non-hydrogen) atoms. The lowest BCUT2D eigenvalue weighted by Crippen LogP contribution is -2.09. The molecule has 1 rings (SSSR count). The molecule has 0 saturated carbocycles. The van der Waals surface area contributed by atoms with E-state index in [9.17, 15) is 0 Å². The van der Waals surface area contributed by atoms with Gasteiger partial charge in [-0.05, 0) is 46.0 Å². The van der Waals surface area contributed by atoms with Crippen LogP contribution in [0.1, 0.15) is 19.4 Å². The molecule has 0 bridgehead atoms. The third-order valence-corrected chi connectivity index (χ3v) is 3.26. The van der Waals surface area contributed by atoms with Crippen LogP contribution in [0, 0.1) is 23.2 Å². The number of rotatable bonds is 4. The molecule has 0 N–H and O–H groups in total. The second-order valence-electron chi connectivity index (χ2n) is 4.15. The summed E-state index contributed by atoms with van der Waals surface area (Å²) in [5, 5.41) is 9.04. The van der Waals surface area contributed by atoms with Gasteiger partial charge in [-0.15, -0.1) is 0 Å². The van der Waals surface area contributed by atoms with Crippen molar-refractivity contribution in [2.24, 2.45) is 11.8 Å². The Balaban J connectivity index is 2.83. The van der Waals surface area contributed by atoms with Crippen molar-refractivity contribution in [3.8, 4) is 11.8 Å². The second-order valence-corrected chi connectivity index (χ2v) is 5.01. The summed E-state index contributed by atoms with van der Waals surface area (Å²) in [6, 6.07) is 8.31. The quantitative estimate of drug-likeness (QED) is 0.841. The zero-order chi connectivity index (χ0) is 12.1. The first-order valence-corrected chi connectivity index (χ1v) is 6.09. The van der Waals surface area contributed by atoms with Crippen molar-refractivity contribution in [2.75, 3.05) is 7.11 Å². The van der Waals surface area contributed by atoms with Gasteiger partial charge in [-0.25, -0.2) is 0 Å². The van der Waals surface area contributed by atoms with Gasteiger partial charge in [-0.2, -0.15) is 5.26 Å². The molecule has 0 aliphatic carbocycles. The molecule has 3 heteroatoms. The molecule has 0 fully saturated rings. The van der Waals surface area contributed by atoms with Crippen molar-refractivity contribution in [1.82, 2.24) is 0 Å². The van der Waals surface area contributed by atoms with Gasteiger partial charge >= 0.3 is 0 Å². The van der Waals surface area contributed by atoms with Gasteiger partial charge in [-0.1, -0.05) is 19.9 Å². The molecule has 0 amide bonds. The van der Waals surface area contributed by atoms with Crippen molar-refractivity contribution in [3.05, 3.63) is 28.2 Å². The lowest BCUT2D eigenvalue weighted by molar-refractivity contribution is 0.411. The molecule has 1 unspecified atom stereocenters. The summed E-state index contributed by atoms with van der Waals surface area (Å²) in [5.74, 6) is 1.27. The molecule has 0 aliphatic heterocycles. The average Bonchev–Trinajstić information content (AvgIpc) is 2.25. The Kier molecular flexibility index (Phi) is 4.82. The van der Waals surface area contributed by atoms with Crippen LogP contribution in [0.25, 0.3) is 0 Å². The highest BCUT2D eigenvalue weighted by Gasteiger charge is 2.13. The molecule has 0 saturated heterocycles. The van der Waals surface area contributed by atoms with Gasteiger partial charge in [0.05, 0.1) is 23.6 Å². The minimum absolute atomic E-state index is 0.0697.